The van der Waals surface area contributed by atoms with Gasteiger partial charge in [-0.3, -0.25) is 10.1 Å². The van der Waals surface area contributed by atoms with Gasteiger partial charge >= 0.3 is 0 Å². The fourth-order valence-electron chi connectivity index (χ4n) is 1.92. The minimum Gasteiger partial charge on any atom is -0.258 e. The first kappa shape index (κ1) is 14.9. The van der Waals surface area contributed by atoms with Gasteiger partial charge in [0.25, 0.3) is 5.69 Å². The fraction of sp³-hybridized carbons (Fsp3) is 0.143. The van der Waals surface area contributed by atoms with Crippen LogP contribution >= 0.6 is 27.5 Å². The molecule has 1 unspecified atom stereocenters. The van der Waals surface area contributed by atoms with Crippen LogP contribution in [0.1, 0.15) is 16.5 Å². The number of halogens is 3. The molecule has 20 heavy (non-hydrogen) atoms. The highest BCUT2D eigenvalue weighted by atomic mass is 79.9. The molecular weight excluding hydrogens is 349 g/mol. The number of alkyl halides is 1. The number of para-hydroxylation sites is 1. The number of hydrogen-bond acceptors (Lipinski definition) is 2. The van der Waals surface area contributed by atoms with Crippen molar-refractivity contribution in [2.75, 3.05) is 0 Å². The van der Waals surface area contributed by atoms with Crippen LogP contribution in [0, 0.1) is 15.9 Å². The molecule has 2 aromatic rings. The van der Waals surface area contributed by atoms with Crippen LogP contribution in [0.15, 0.2) is 46.9 Å². The van der Waals surface area contributed by atoms with Gasteiger partial charge in [-0.15, -0.1) is 11.6 Å². The molecular formula is C14H10BrClFNO2. The highest BCUT2D eigenvalue weighted by Crippen LogP contribution is 2.33. The van der Waals surface area contributed by atoms with Crippen molar-refractivity contribution < 1.29 is 9.31 Å². The van der Waals surface area contributed by atoms with Crippen molar-refractivity contribution in [3.05, 3.63) is 74.0 Å². The lowest BCUT2D eigenvalue weighted by Gasteiger charge is -2.12. The van der Waals surface area contributed by atoms with Crippen molar-refractivity contribution in [2.45, 2.75) is 11.8 Å². The van der Waals surface area contributed by atoms with Gasteiger partial charge in [0, 0.05) is 16.1 Å². The summed E-state index contributed by atoms with van der Waals surface area (Å²) < 4.78 is 13.9. The molecule has 104 valence electrons. The lowest BCUT2D eigenvalue weighted by Crippen LogP contribution is -2.01. The van der Waals surface area contributed by atoms with Gasteiger partial charge in [-0.05, 0) is 30.2 Å². The zero-order valence-electron chi connectivity index (χ0n) is 10.2. The molecule has 0 aromatic heterocycles. The molecule has 0 bridgehead atoms. The molecule has 0 amide bonds. The van der Waals surface area contributed by atoms with E-state index in [9.17, 15) is 14.5 Å². The molecule has 0 spiro atoms. The van der Waals surface area contributed by atoms with Crippen LogP contribution in [0.5, 0.6) is 0 Å². The summed E-state index contributed by atoms with van der Waals surface area (Å²) in [5, 5.41) is 10.4. The van der Waals surface area contributed by atoms with Crippen LogP contribution in [0.4, 0.5) is 10.1 Å². The van der Waals surface area contributed by atoms with Crippen molar-refractivity contribution >= 4 is 33.2 Å². The molecule has 2 rings (SSSR count). The first-order chi connectivity index (χ1) is 9.49. The number of nitro benzene ring substituents is 1. The first-order valence-electron chi connectivity index (χ1n) is 5.80. The monoisotopic (exact) mass is 357 g/mol. The Kier molecular flexibility index (Phi) is 4.73. The van der Waals surface area contributed by atoms with Crippen LogP contribution in [0.3, 0.4) is 0 Å². The maximum atomic E-state index is 13.3. The predicted molar refractivity (Wildman–Crippen MR) is 79.5 cm³/mol. The molecule has 0 saturated heterocycles. The Labute approximate surface area is 128 Å². The summed E-state index contributed by atoms with van der Waals surface area (Å²) in [6.07, 6.45) is 0.251. The Bertz CT molecular complexity index is 651. The maximum Gasteiger partial charge on any atom is 0.272 e. The molecule has 6 heteroatoms. The van der Waals surface area contributed by atoms with E-state index in [1.165, 1.54) is 18.2 Å². The van der Waals surface area contributed by atoms with Crippen LogP contribution in [0.25, 0.3) is 0 Å². The zero-order valence-corrected chi connectivity index (χ0v) is 12.6. The van der Waals surface area contributed by atoms with Crippen LogP contribution < -0.4 is 0 Å². The quantitative estimate of drug-likeness (QED) is 0.437. The van der Waals surface area contributed by atoms with Crippen molar-refractivity contribution in [2.24, 2.45) is 0 Å². The summed E-state index contributed by atoms with van der Waals surface area (Å²) in [5.41, 5.74) is 1.11. The Morgan fingerprint density at radius 1 is 1.30 bits per heavy atom. The first-order valence-corrected chi connectivity index (χ1v) is 7.03. The Morgan fingerprint density at radius 2 is 2.00 bits per heavy atom. The smallest absolute Gasteiger partial charge is 0.258 e. The van der Waals surface area contributed by atoms with Gasteiger partial charge in [-0.1, -0.05) is 34.1 Å². The third-order valence-electron chi connectivity index (χ3n) is 2.88. The van der Waals surface area contributed by atoms with E-state index in [4.69, 9.17) is 11.6 Å². The number of nitro groups is 1. The number of nitrogens with zero attached hydrogens (tertiary/aromatic N) is 1. The molecule has 0 aliphatic heterocycles. The highest BCUT2D eigenvalue weighted by molar-refractivity contribution is 9.10. The van der Waals surface area contributed by atoms with Crippen molar-refractivity contribution in [1.29, 1.82) is 0 Å². The van der Waals surface area contributed by atoms with E-state index in [1.54, 1.807) is 24.3 Å². The summed E-state index contributed by atoms with van der Waals surface area (Å²) >= 11 is 9.58. The Hall–Kier alpha value is -1.46. The summed E-state index contributed by atoms with van der Waals surface area (Å²) in [5.74, 6) is -0.392. The number of hydrogen-bond donors (Lipinski definition) is 0. The molecule has 0 N–H and O–H groups in total. The Morgan fingerprint density at radius 3 is 2.70 bits per heavy atom. The van der Waals surface area contributed by atoms with E-state index in [-0.39, 0.29) is 12.1 Å². The second-order valence-corrected chi connectivity index (χ2v) is 5.60. The van der Waals surface area contributed by atoms with E-state index in [0.717, 1.165) is 0 Å². The molecule has 0 radical (unpaired) electrons. The summed E-state index contributed by atoms with van der Waals surface area (Å²) in [6.45, 7) is 0. The van der Waals surface area contributed by atoms with Gasteiger partial charge in [-0.2, -0.15) is 0 Å². The lowest BCUT2D eigenvalue weighted by molar-refractivity contribution is -0.385. The largest absolute Gasteiger partial charge is 0.272 e. The fourth-order valence-corrected chi connectivity index (χ4v) is 2.92. The average Bonchev–Trinajstić information content (AvgIpc) is 2.41. The maximum absolute atomic E-state index is 13.3. The molecule has 1 atom stereocenters. The van der Waals surface area contributed by atoms with Crippen LogP contribution in [0.2, 0.25) is 0 Å². The van der Waals surface area contributed by atoms with E-state index in [0.29, 0.717) is 15.6 Å². The summed E-state index contributed by atoms with van der Waals surface area (Å²) in [4.78, 5) is 10.5. The normalized spacial score (nSPS) is 12.2. The van der Waals surface area contributed by atoms with Gasteiger partial charge in [0.1, 0.15) is 5.82 Å². The van der Waals surface area contributed by atoms with Crippen LogP contribution in [-0.2, 0) is 6.42 Å². The van der Waals surface area contributed by atoms with E-state index in [2.05, 4.69) is 15.9 Å². The van der Waals surface area contributed by atoms with Gasteiger partial charge in [-0.25, -0.2) is 4.39 Å². The van der Waals surface area contributed by atoms with Crippen molar-refractivity contribution in [1.82, 2.24) is 0 Å². The Balaban J connectivity index is 2.30. The predicted octanol–water partition coefficient (Wildman–Crippen LogP) is 5.02. The molecule has 3 nitrogen and oxygen atoms in total. The van der Waals surface area contributed by atoms with Gasteiger partial charge in [0.05, 0.1) is 10.3 Å². The average molecular weight is 359 g/mol. The second-order valence-electron chi connectivity index (χ2n) is 4.22. The minimum atomic E-state index is -0.554. The van der Waals surface area contributed by atoms with Crippen molar-refractivity contribution in [3.8, 4) is 0 Å². The van der Waals surface area contributed by atoms with Gasteiger partial charge in [0.15, 0.2) is 0 Å². The molecule has 0 fully saturated rings. The topological polar surface area (TPSA) is 43.1 Å². The van der Waals surface area contributed by atoms with Gasteiger partial charge in [0.2, 0.25) is 0 Å². The van der Waals surface area contributed by atoms with Crippen molar-refractivity contribution in [3.63, 3.8) is 0 Å². The highest BCUT2D eigenvalue weighted by Gasteiger charge is 2.19. The SMILES string of the molecule is O=[N+]([O-])c1ccccc1CC(Cl)c1cc(F)ccc1Br. The minimum absolute atomic E-state index is 0.0191. The molecule has 2 aromatic carbocycles. The van der Waals surface area contributed by atoms with Crippen LogP contribution in [-0.4, -0.2) is 4.92 Å². The summed E-state index contributed by atoms with van der Waals surface area (Å²) in [7, 11) is 0. The third-order valence-corrected chi connectivity index (χ3v) is 3.99. The summed E-state index contributed by atoms with van der Waals surface area (Å²) in [6, 6.07) is 10.6. The second kappa shape index (κ2) is 6.33. The zero-order chi connectivity index (χ0) is 14.7. The number of benzene rings is 2. The van der Waals surface area contributed by atoms with E-state index < -0.39 is 16.1 Å². The third kappa shape index (κ3) is 3.35. The molecule has 0 aliphatic rings. The van der Waals surface area contributed by atoms with E-state index in [1.807, 2.05) is 0 Å². The van der Waals surface area contributed by atoms with E-state index >= 15 is 0 Å². The lowest BCUT2D eigenvalue weighted by atomic mass is 10.0. The number of rotatable bonds is 4. The molecule has 0 heterocycles. The standard InChI is InChI=1S/C14H10BrClFNO2/c15-12-6-5-10(17)8-11(12)13(16)7-9-3-1-2-4-14(9)18(19)20/h1-6,8,13H,7H2. The molecule has 0 saturated carbocycles. The van der Waals surface area contributed by atoms with Gasteiger partial charge < -0.3 is 0 Å². The molecule has 0 aliphatic carbocycles.